The van der Waals surface area contributed by atoms with Crippen LogP contribution in [0.25, 0.3) is 61.5 Å². The summed E-state index contributed by atoms with van der Waals surface area (Å²) in [5.74, 6) is 1.33. The Bertz CT molecular complexity index is 5950. The van der Waals surface area contributed by atoms with Crippen LogP contribution in [0.3, 0.4) is 0 Å². The first-order valence-electron chi connectivity index (χ1n) is 47.7. The lowest BCUT2D eigenvalue weighted by atomic mass is 9.85. The quantitative estimate of drug-likeness (QED) is 0.0177. The number of fused-ring (bicyclic) bond motifs is 7. The van der Waals surface area contributed by atoms with Crippen molar-refractivity contribution in [2.75, 3.05) is 115 Å². The zero-order valence-corrected chi connectivity index (χ0v) is 78.1. The minimum atomic E-state index is -3.14. The number of aromatic amines is 6. The highest BCUT2D eigenvalue weighted by Crippen LogP contribution is 2.44. The summed E-state index contributed by atoms with van der Waals surface area (Å²) in [7, 11) is -3.14. The fraction of sp³-hybridized carbons (Fsp3) is 0.490. The van der Waals surface area contributed by atoms with Gasteiger partial charge in [-0.25, -0.2) is 13.4 Å². The van der Waals surface area contributed by atoms with Crippen molar-refractivity contribution < 1.29 is 18.0 Å². The highest BCUT2D eigenvalue weighted by molar-refractivity contribution is 7.89. The Balaban J connectivity index is 0.000000122. The van der Waals surface area contributed by atoms with Crippen LogP contribution in [0.2, 0.25) is 0 Å². The van der Waals surface area contributed by atoms with Crippen LogP contribution in [0, 0.1) is 45.4 Å². The Morgan fingerprint density at radius 3 is 1.83 bits per heavy atom. The van der Waals surface area contributed by atoms with E-state index < -0.39 is 10.0 Å². The first kappa shape index (κ1) is 90.7. The van der Waals surface area contributed by atoms with Crippen LogP contribution in [-0.2, 0) is 38.9 Å². The van der Waals surface area contributed by atoms with Crippen molar-refractivity contribution in [1.82, 2.24) is 127 Å². The second-order valence-electron chi connectivity index (χ2n) is 36.3. The van der Waals surface area contributed by atoms with Gasteiger partial charge in [-0.05, 0) is 201 Å². The van der Waals surface area contributed by atoms with Gasteiger partial charge in [0.05, 0.1) is 124 Å². The topological polar surface area (TPSA) is 374 Å². The molecule has 11 N–H and O–H groups in total. The summed E-state index contributed by atoms with van der Waals surface area (Å²) in [4.78, 5) is 48.1. The van der Waals surface area contributed by atoms with Crippen LogP contribution in [0.5, 0.6) is 0 Å². The van der Waals surface area contributed by atoms with Crippen molar-refractivity contribution in [3.63, 3.8) is 0 Å². The normalized spacial score (nSPS) is 20.9. The van der Waals surface area contributed by atoms with E-state index in [2.05, 4.69) is 219 Å². The molecular weight excluding hydrogens is 1670 g/mol. The minimum Gasteiger partial charge on any atom is -0.375 e. The maximum atomic E-state index is 12.6. The molecule has 6 aliphatic heterocycles. The number of pyridine rings is 2. The van der Waals surface area contributed by atoms with Gasteiger partial charge in [0, 0.05) is 214 Å². The largest absolute Gasteiger partial charge is 0.375 e. The number of aryl methyl sites for hydroxylation is 6. The molecule has 692 valence electrons. The number of rotatable bonds is 26. The van der Waals surface area contributed by atoms with Gasteiger partial charge < -0.3 is 56.2 Å². The number of nitrogens with one attached hydrogen (secondary N) is 11. The summed E-state index contributed by atoms with van der Waals surface area (Å²) in [6, 6.07) is 4.90. The van der Waals surface area contributed by atoms with Crippen LogP contribution in [0.15, 0.2) is 155 Å². The van der Waals surface area contributed by atoms with E-state index in [0.717, 1.165) is 226 Å². The molecule has 11 aliphatic rings. The van der Waals surface area contributed by atoms with Gasteiger partial charge in [0.1, 0.15) is 0 Å². The highest BCUT2D eigenvalue weighted by Gasteiger charge is 2.39. The number of sulfonamides is 1. The molecule has 1 aromatic carbocycles. The smallest absolute Gasteiger partial charge is 0.246 e. The molecule has 2 amide bonds. The number of amides is 2. The van der Waals surface area contributed by atoms with Crippen molar-refractivity contribution in [3.05, 3.63) is 201 Å². The second kappa shape index (κ2) is 41.5. The average molecular weight is 1800 g/mol. The van der Waals surface area contributed by atoms with Crippen molar-refractivity contribution in [3.8, 4) is 33.6 Å². The number of hydrazone groups is 2. The first-order valence-corrected chi connectivity index (χ1v) is 49.3. The second-order valence-corrected chi connectivity index (χ2v) is 38.4. The molecule has 0 spiro atoms. The number of piperazine rings is 4. The number of aromatic nitrogens is 14. The number of anilines is 1. The molecule has 20 rings (SSSR count). The summed E-state index contributed by atoms with van der Waals surface area (Å²) < 4.78 is 26.3. The van der Waals surface area contributed by atoms with Gasteiger partial charge in [0.15, 0.2) is 0 Å². The lowest BCUT2D eigenvalue weighted by molar-refractivity contribution is -0.134. The number of unbranched alkanes of at least 4 members (excludes halogenated alkanes) is 1. The number of carbonyl (C=O) groups excluding carboxylic acids is 2. The number of nitrogens with zero attached hydrogens (tertiary/aromatic N) is 17. The van der Waals surface area contributed by atoms with E-state index in [-0.39, 0.29) is 47.7 Å². The molecule has 1 saturated carbocycles. The molecule has 14 heterocycles. The SMILES string of the molecule is C=CC(=O)N1CCN(C2=CC3NN=CC3C=C2NC(/C(=C/C)CCC)c2cn[nH]c2C)CC1.CCCCc1cc(-c2cn[nH]c2C)ncc1-c1cn[nH]c1/C=C/N1CCN(S(=O)(=O)CCC)CC1.Cc1[nH]ncc1-c1nc2c(N3CCNCC3)cc3[nH]ncc3c2c2c1CCCC2.Cc1[nH]ncc1C(NC1=CC2C=NNC2C=C1N1CCN(C(=O)C2CC2)CC1)C1=CCCCC1. The van der Waals surface area contributed by atoms with Gasteiger partial charge in [-0.3, -0.25) is 45.2 Å². The summed E-state index contributed by atoms with van der Waals surface area (Å²) >= 11 is 0. The summed E-state index contributed by atoms with van der Waals surface area (Å²) in [5.41, 5.74) is 35.3. The van der Waals surface area contributed by atoms with E-state index in [0.29, 0.717) is 57.5 Å². The third kappa shape index (κ3) is 20.3. The Morgan fingerprint density at radius 1 is 0.603 bits per heavy atom. The molecule has 0 radical (unpaired) electrons. The minimum absolute atomic E-state index is 0.000115. The van der Waals surface area contributed by atoms with Gasteiger partial charge in [0.2, 0.25) is 21.8 Å². The molecule has 9 aromatic rings. The number of allylic oxidation sites excluding steroid dienone is 2. The molecule has 6 atom stereocenters. The molecular formula is C98H130N28O4S. The van der Waals surface area contributed by atoms with E-state index >= 15 is 0 Å². The Labute approximate surface area is 768 Å². The summed E-state index contributed by atoms with van der Waals surface area (Å²) in [6.07, 6.45) is 54.1. The fourth-order valence-corrected chi connectivity index (χ4v) is 21.5. The van der Waals surface area contributed by atoms with Crippen molar-refractivity contribution >= 4 is 67.8 Å². The maximum absolute atomic E-state index is 12.6. The predicted octanol–water partition coefficient (Wildman–Crippen LogP) is 12.5. The number of benzene rings is 1. The van der Waals surface area contributed by atoms with Crippen molar-refractivity contribution in [1.29, 1.82) is 0 Å². The summed E-state index contributed by atoms with van der Waals surface area (Å²) in [6.45, 7) is 32.9. The van der Waals surface area contributed by atoms with Crippen LogP contribution < -0.4 is 31.7 Å². The van der Waals surface area contributed by atoms with Crippen molar-refractivity contribution in [2.45, 2.75) is 182 Å². The van der Waals surface area contributed by atoms with Crippen LogP contribution in [-0.4, -0.2) is 255 Å². The number of hydrogen-bond donors (Lipinski definition) is 11. The van der Waals surface area contributed by atoms with Gasteiger partial charge >= 0.3 is 0 Å². The summed E-state index contributed by atoms with van der Waals surface area (Å²) in [5, 5.41) is 66.8. The molecule has 32 nitrogen and oxygen atoms in total. The van der Waals surface area contributed by atoms with Crippen molar-refractivity contribution in [2.24, 2.45) is 28.0 Å². The average Bonchev–Trinajstić information content (AvgIpc) is 1.72. The molecule has 4 saturated heterocycles. The lowest BCUT2D eigenvalue weighted by Gasteiger charge is -2.40. The molecule has 6 unspecified atom stereocenters. The van der Waals surface area contributed by atoms with Gasteiger partial charge in [-0.15, -0.1) is 0 Å². The molecule has 131 heavy (non-hydrogen) atoms. The zero-order chi connectivity index (χ0) is 90.7. The van der Waals surface area contributed by atoms with Crippen LogP contribution in [0.4, 0.5) is 5.69 Å². The van der Waals surface area contributed by atoms with E-state index in [4.69, 9.17) is 9.97 Å². The number of carbonyl (C=O) groups is 2. The lowest BCUT2D eigenvalue weighted by Crippen LogP contribution is -2.50. The highest BCUT2D eigenvalue weighted by atomic mass is 32.2. The molecule has 5 aliphatic carbocycles. The maximum Gasteiger partial charge on any atom is 0.246 e. The zero-order valence-electron chi connectivity index (χ0n) is 77.3. The Kier molecular flexibility index (Phi) is 28.7. The van der Waals surface area contributed by atoms with Crippen LogP contribution >= 0.6 is 0 Å². The predicted molar refractivity (Wildman–Crippen MR) is 517 cm³/mol. The molecule has 0 bridgehead atoms. The third-order valence-electron chi connectivity index (χ3n) is 27.6. The fourth-order valence-electron chi connectivity index (χ4n) is 20.0. The Morgan fingerprint density at radius 2 is 1.22 bits per heavy atom. The monoisotopic (exact) mass is 1800 g/mol. The first-order chi connectivity index (χ1) is 64.0. The van der Waals surface area contributed by atoms with Gasteiger partial charge in [0.25, 0.3) is 0 Å². The standard InChI is InChI=1S/C26H35N7O.C25H35N7O2S.C25H35N7O.C22H25N7/c1-17-21(16-28-30-17)25(18-5-3-2-4-6-18)29-23-13-20-15-27-31-22(20)14-24(23)32-9-11-33(12-10-32)26(34)19-7-8-19;1-4-6-7-20-15-25(21-17-27-29-19(21)3)26-16-22(20)23-18-28-30-24(23)8-9-31-10-12-32(13-11-31)35(33,34)14-5-2;1-5-8-18(6-2)25(20-16-27-29-17(20)4)28-22-13-19-15-26-30-21(19)14-23(22)31-9-11-32(12-10-31)24(33)7-3;1-13-16(11-24-27-13)21-15-5-3-2-4-14(15)20-17-12-25-28-18(17)10-19(22(20)26-21)29-8-6-23-7-9-29/h5,13-16,19-20,22,25,29,31H,2-4,6-12H2,1H3,(H,28,30);8-9,15-18H,4-7,10-14H2,1-3H3,(H,27,29)(H,28,30);6-7,13-16,19,21,25,28,30H,3,5,8-12H2,1-2,4H3,(H,27,29);10-12,23H,2-9H2,1H3,(H,24,27)(H,25,28)/b;9-8+;18-6+;. The number of hydrogen-bond acceptors (Lipinski definition) is 23. The number of H-pyrrole nitrogens is 6. The van der Waals surface area contributed by atoms with E-state index in [1.807, 2.05) is 86.8 Å². The molecule has 8 aromatic heterocycles. The van der Waals surface area contributed by atoms with Gasteiger partial charge in [-0.1, -0.05) is 52.3 Å². The van der Waals surface area contributed by atoms with E-state index in [1.54, 1.807) is 4.31 Å². The van der Waals surface area contributed by atoms with E-state index in [1.165, 1.54) is 92.9 Å². The van der Waals surface area contributed by atoms with Gasteiger partial charge in [-0.2, -0.15) is 45.1 Å². The molecule has 5 fully saturated rings. The Hall–Kier alpha value is -12.2. The molecule has 33 heteroatoms. The third-order valence-corrected chi connectivity index (χ3v) is 29.6. The van der Waals surface area contributed by atoms with Crippen LogP contribution in [0.1, 0.15) is 180 Å². The van der Waals surface area contributed by atoms with E-state index in [9.17, 15) is 18.0 Å².